The molecule has 4 nitrogen and oxygen atoms in total. The largest absolute Gasteiger partial charge is 0.253 e. The fraction of sp³-hybridized carbons (Fsp3) is 0.417. The second kappa shape index (κ2) is 3.70. The maximum Gasteiger partial charge on any atom is 0.200 e. The van der Waals surface area contributed by atoms with Gasteiger partial charge in [-0.25, -0.2) is 9.67 Å². The van der Waals surface area contributed by atoms with Crippen LogP contribution in [0.4, 0.5) is 0 Å². The van der Waals surface area contributed by atoms with Crippen molar-refractivity contribution in [2.45, 2.75) is 32.2 Å². The molecule has 0 bridgehead atoms. The standard InChI is InChI=1S/C12H14N4/c1-9-5-4-8-16-12(9)14-11(15-16)10-6-2-3-7-13-10/h2-3,6-7,9H,4-5,8H2,1H3. The number of rotatable bonds is 1. The lowest BCUT2D eigenvalue weighted by molar-refractivity contribution is 0.432. The fourth-order valence-electron chi connectivity index (χ4n) is 2.16. The molecule has 0 aliphatic carbocycles. The zero-order valence-electron chi connectivity index (χ0n) is 9.30. The van der Waals surface area contributed by atoms with Gasteiger partial charge < -0.3 is 0 Å². The third-order valence-electron chi connectivity index (χ3n) is 3.04. The first-order valence-electron chi connectivity index (χ1n) is 5.71. The summed E-state index contributed by atoms with van der Waals surface area (Å²) in [5, 5.41) is 4.51. The van der Waals surface area contributed by atoms with Crippen LogP contribution >= 0.6 is 0 Å². The van der Waals surface area contributed by atoms with Gasteiger partial charge in [-0.1, -0.05) is 13.0 Å². The molecule has 0 spiro atoms. The van der Waals surface area contributed by atoms with Crippen LogP contribution in [0.15, 0.2) is 24.4 Å². The summed E-state index contributed by atoms with van der Waals surface area (Å²) < 4.78 is 2.03. The van der Waals surface area contributed by atoms with Crippen LogP contribution in [0.25, 0.3) is 11.5 Å². The van der Waals surface area contributed by atoms with E-state index >= 15 is 0 Å². The van der Waals surface area contributed by atoms with E-state index in [1.165, 1.54) is 12.8 Å². The monoisotopic (exact) mass is 214 g/mol. The van der Waals surface area contributed by atoms with Gasteiger partial charge in [0.15, 0.2) is 5.82 Å². The molecule has 82 valence electrons. The van der Waals surface area contributed by atoms with Gasteiger partial charge in [-0.15, -0.1) is 5.10 Å². The Morgan fingerprint density at radius 1 is 1.38 bits per heavy atom. The third-order valence-corrected chi connectivity index (χ3v) is 3.04. The lowest BCUT2D eigenvalue weighted by Crippen LogP contribution is -2.14. The molecule has 0 radical (unpaired) electrons. The van der Waals surface area contributed by atoms with Crippen molar-refractivity contribution in [2.24, 2.45) is 0 Å². The molecular weight excluding hydrogens is 200 g/mol. The highest BCUT2D eigenvalue weighted by atomic mass is 15.4. The van der Waals surface area contributed by atoms with E-state index in [-0.39, 0.29) is 0 Å². The molecule has 0 N–H and O–H groups in total. The Morgan fingerprint density at radius 3 is 3.06 bits per heavy atom. The first-order valence-corrected chi connectivity index (χ1v) is 5.71. The van der Waals surface area contributed by atoms with Gasteiger partial charge in [-0.3, -0.25) is 4.98 Å². The minimum absolute atomic E-state index is 0.513. The van der Waals surface area contributed by atoms with Crippen LogP contribution in [0.3, 0.4) is 0 Å². The van der Waals surface area contributed by atoms with Crippen molar-refractivity contribution in [2.75, 3.05) is 0 Å². The van der Waals surface area contributed by atoms with Crippen molar-refractivity contribution in [3.8, 4) is 11.5 Å². The molecule has 16 heavy (non-hydrogen) atoms. The maximum atomic E-state index is 4.59. The summed E-state index contributed by atoms with van der Waals surface area (Å²) in [5.41, 5.74) is 0.858. The molecule has 0 saturated heterocycles. The van der Waals surface area contributed by atoms with Gasteiger partial charge in [0.1, 0.15) is 11.5 Å². The molecule has 1 aliphatic heterocycles. The Morgan fingerprint density at radius 2 is 2.31 bits per heavy atom. The molecule has 1 unspecified atom stereocenters. The Hall–Kier alpha value is -1.71. The van der Waals surface area contributed by atoms with E-state index in [1.807, 2.05) is 22.9 Å². The second-order valence-corrected chi connectivity index (χ2v) is 4.28. The van der Waals surface area contributed by atoms with Crippen LogP contribution in [0, 0.1) is 0 Å². The SMILES string of the molecule is CC1CCCn2nc(-c3ccccn3)nc21. The normalized spacial score (nSPS) is 19.4. The van der Waals surface area contributed by atoms with Crippen molar-refractivity contribution >= 4 is 0 Å². The quantitative estimate of drug-likeness (QED) is 0.731. The van der Waals surface area contributed by atoms with Gasteiger partial charge in [0.2, 0.25) is 0 Å². The van der Waals surface area contributed by atoms with Crippen LogP contribution in [0.2, 0.25) is 0 Å². The van der Waals surface area contributed by atoms with Crippen molar-refractivity contribution < 1.29 is 0 Å². The summed E-state index contributed by atoms with van der Waals surface area (Å²) in [7, 11) is 0. The highest BCUT2D eigenvalue weighted by Gasteiger charge is 2.21. The summed E-state index contributed by atoms with van der Waals surface area (Å²) in [5.74, 6) is 2.37. The predicted molar refractivity (Wildman–Crippen MR) is 60.9 cm³/mol. The summed E-state index contributed by atoms with van der Waals surface area (Å²) in [6.45, 7) is 3.20. The molecule has 2 aromatic rings. The number of fused-ring (bicyclic) bond motifs is 1. The Labute approximate surface area is 94.4 Å². The number of hydrogen-bond donors (Lipinski definition) is 0. The van der Waals surface area contributed by atoms with Crippen molar-refractivity contribution in [3.05, 3.63) is 30.2 Å². The van der Waals surface area contributed by atoms with E-state index in [0.717, 1.165) is 23.9 Å². The van der Waals surface area contributed by atoms with Crippen LogP contribution in [0.1, 0.15) is 31.5 Å². The average molecular weight is 214 g/mol. The molecule has 0 saturated carbocycles. The molecule has 0 aromatic carbocycles. The number of hydrogen-bond acceptors (Lipinski definition) is 3. The van der Waals surface area contributed by atoms with Crippen LogP contribution in [-0.2, 0) is 6.54 Å². The topological polar surface area (TPSA) is 43.6 Å². The zero-order chi connectivity index (χ0) is 11.0. The van der Waals surface area contributed by atoms with Gasteiger partial charge in [0.05, 0.1) is 0 Å². The molecule has 4 heteroatoms. The molecule has 2 aromatic heterocycles. The van der Waals surface area contributed by atoms with Gasteiger partial charge in [0, 0.05) is 18.7 Å². The molecular formula is C12H14N4. The molecule has 0 fully saturated rings. The van der Waals surface area contributed by atoms with E-state index in [9.17, 15) is 0 Å². The molecule has 1 atom stereocenters. The first kappa shape index (κ1) is 9.51. The van der Waals surface area contributed by atoms with E-state index < -0.39 is 0 Å². The van der Waals surface area contributed by atoms with Crippen molar-refractivity contribution in [3.63, 3.8) is 0 Å². The summed E-state index contributed by atoms with van der Waals surface area (Å²) >= 11 is 0. The number of aryl methyl sites for hydroxylation is 1. The maximum absolute atomic E-state index is 4.59. The summed E-state index contributed by atoms with van der Waals surface area (Å²) in [4.78, 5) is 8.87. The molecule has 3 heterocycles. The minimum atomic E-state index is 0.513. The molecule has 3 rings (SSSR count). The fourth-order valence-corrected chi connectivity index (χ4v) is 2.16. The van der Waals surface area contributed by atoms with Crippen LogP contribution in [-0.4, -0.2) is 19.7 Å². The van der Waals surface area contributed by atoms with Gasteiger partial charge in [0.25, 0.3) is 0 Å². The number of pyridine rings is 1. The Bertz CT molecular complexity index is 489. The van der Waals surface area contributed by atoms with Gasteiger partial charge >= 0.3 is 0 Å². The third kappa shape index (κ3) is 1.50. The highest BCUT2D eigenvalue weighted by molar-refractivity contribution is 5.47. The van der Waals surface area contributed by atoms with E-state index in [2.05, 4.69) is 22.0 Å². The van der Waals surface area contributed by atoms with Crippen LogP contribution in [0.5, 0.6) is 0 Å². The predicted octanol–water partition coefficient (Wildman–Crippen LogP) is 2.24. The van der Waals surface area contributed by atoms with Gasteiger partial charge in [-0.05, 0) is 25.0 Å². The van der Waals surface area contributed by atoms with E-state index in [4.69, 9.17) is 0 Å². The lowest BCUT2D eigenvalue weighted by Gasteiger charge is -2.17. The van der Waals surface area contributed by atoms with Gasteiger partial charge in [-0.2, -0.15) is 0 Å². The highest BCUT2D eigenvalue weighted by Crippen LogP contribution is 2.26. The lowest BCUT2D eigenvalue weighted by atomic mass is 10.0. The van der Waals surface area contributed by atoms with Crippen molar-refractivity contribution in [1.29, 1.82) is 0 Å². The Balaban J connectivity index is 2.05. The van der Waals surface area contributed by atoms with E-state index in [0.29, 0.717) is 5.92 Å². The zero-order valence-corrected chi connectivity index (χ0v) is 9.30. The average Bonchev–Trinajstić information content (AvgIpc) is 2.76. The Kier molecular flexibility index (Phi) is 2.20. The van der Waals surface area contributed by atoms with E-state index in [1.54, 1.807) is 6.20 Å². The summed E-state index contributed by atoms with van der Waals surface area (Å²) in [6.07, 6.45) is 4.18. The minimum Gasteiger partial charge on any atom is -0.253 e. The molecule has 1 aliphatic rings. The van der Waals surface area contributed by atoms with Crippen LogP contribution < -0.4 is 0 Å². The second-order valence-electron chi connectivity index (χ2n) is 4.28. The first-order chi connectivity index (χ1) is 7.84. The summed E-state index contributed by atoms with van der Waals surface area (Å²) in [6, 6.07) is 5.82. The smallest absolute Gasteiger partial charge is 0.200 e. The van der Waals surface area contributed by atoms with Crippen molar-refractivity contribution in [1.82, 2.24) is 19.7 Å². The number of aromatic nitrogens is 4. The number of nitrogens with zero attached hydrogens (tertiary/aromatic N) is 4. The molecule has 0 amide bonds.